The van der Waals surface area contributed by atoms with Crippen molar-refractivity contribution in [1.29, 1.82) is 0 Å². The zero-order valence-corrected chi connectivity index (χ0v) is 8.43. The zero-order chi connectivity index (χ0) is 10.8. The molecule has 0 aromatic carbocycles. The van der Waals surface area contributed by atoms with Crippen LogP contribution in [0.1, 0.15) is 30.5 Å². The van der Waals surface area contributed by atoms with Crippen LogP contribution in [0.25, 0.3) is 0 Å². The van der Waals surface area contributed by atoms with Crippen LogP contribution in [0.2, 0.25) is 0 Å². The zero-order valence-electron chi connectivity index (χ0n) is 8.43. The molecule has 1 aromatic heterocycles. The van der Waals surface area contributed by atoms with Crippen molar-refractivity contribution in [1.82, 2.24) is 15.5 Å². The molecule has 2 N–H and O–H groups in total. The topological polar surface area (TPSA) is 88.2 Å². The highest BCUT2D eigenvalue weighted by Gasteiger charge is 2.35. The number of hydrogen-bond donors (Lipinski definition) is 2. The molecule has 6 heteroatoms. The molecular formula is C9H13N3O3. The maximum Gasteiger partial charge on any atom is 0.404 e. The molecule has 0 radical (unpaired) electrons. The first kappa shape index (κ1) is 9.95. The molecule has 1 atom stereocenters. The van der Waals surface area contributed by atoms with E-state index in [2.05, 4.69) is 15.5 Å². The maximum absolute atomic E-state index is 10.4. The molecule has 1 unspecified atom stereocenters. The summed E-state index contributed by atoms with van der Waals surface area (Å²) in [7, 11) is 0. The Kier molecular flexibility index (Phi) is 2.57. The quantitative estimate of drug-likeness (QED) is 0.779. The Morgan fingerprint density at radius 1 is 1.73 bits per heavy atom. The van der Waals surface area contributed by atoms with Crippen LogP contribution in [0.4, 0.5) is 4.79 Å². The summed E-state index contributed by atoms with van der Waals surface area (Å²) >= 11 is 0. The van der Waals surface area contributed by atoms with Crippen molar-refractivity contribution in [3.05, 3.63) is 11.7 Å². The Bertz CT molecular complexity index is 359. The highest BCUT2D eigenvalue weighted by atomic mass is 16.5. The van der Waals surface area contributed by atoms with E-state index in [1.807, 2.05) is 0 Å². The molecule has 1 heterocycles. The summed E-state index contributed by atoms with van der Waals surface area (Å²) in [5.41, 5.74) is 0. The van der Waals surface area contributed by atoms with Crippen LogP contribution in [0.5, 0.6) is 0 Å². The average molecular weight is 211 g/mol. The number of nitrogens with zero attached hydrogens (tertiary/aromatic N) is 2. The van der Waals surface area contributed by atoms with E-state index in [4.69, 9.17) is 9.63 Å². The standard InChI is InChI=1S/C9H13N3O3/c1-5-11-8(12-15-5)7(6-2-3-6)4-10-9(13)14/h6-7,10H,2-4H2,1H3,(H,13,14). The Morgan fingerprint density at radius 2 is 2.47 bits per heavy atom. The Hall–Kier alpha value is -1.59. The Balaban J connectivity index is 2.02. The number of aromatic nitrogens is 2. The molecule has 1 aliphatic carbocycles. The van der Waals surface area contributed by atoms with Crippen molar-refractivity contribution in [2.24, 2.45) is 5.92 Å². The summed E-state index contributed by atoms with van der Waals surface area (Å²) in [6, 6.07) is 0. The molecule has 15 heavy (non-hydrogen) atoms. The van der Waals surface area contributed by atoms with E-state index >= 15 is 0 Å². The van der Waals surface area contributed by atoms with Crippen LogP contribution in [0.15, 0.2) is 4.52 Å². The van der Waals surface area contributed by atoms with E-state index in [1.54, 1.807) is 6.92 Å². The number of carbonyl (C=O) groups is 1. The molecule has 82 valence electrons. The van der Waals surface area contributed by atoms with Crippen molar-refractivity contribution in [2.45, 2.75) is 25.7 Å². The molecule has 2 rings (SSSR count). The molecule has 1 aromatic rings. The van der Waals surface area contributed by atoms with E-state index < -0.39 is 6.09 Å². The molecule has 0 aliphatic heterocycles. The smallest absolute Gasteiger partial charge is 0.404 e. The first-order valence-corrected chi connectivity index (χ1v) is 4.94. The molecule has 1 amide bonds. The van der Waals surface area contributed by atoms with E-state index in [0.29, 0.717) is 24.2 Å². The third-order valence-corrected chi connectivity index (χ3v) is 2.54. The van der Waals surface area contributed by atoms with Gasteiger partial charge in [0.2, 0.25) is 5.89 Å². The highest BCUT2D eigenvalue weighted by Crippen LogP contribution is 2.41. The Morgan fingerprint density at radius 3 is 2.93 bits per heavy atom. The minimum atomic E-state index is -1.01. The van der Waals surface area contributed by atoms with Gasteiger partial charge in [-0.25, -0.2) is 4.79 Å². The van der Waals surface area contributed by atoms with E-state index in [9.17, 15) is 4.79 Å². The fourth-order valence-corrected chi connectivity index (χ4v) is 1.63. The second-order valence-corrected chi connectivity index (χ2v) is 3.80. The van der Waals surface area contributed by atoms with Crippen molar-refractivity contribution in [2.75, 3.05) is 6.54 Å². The van der Waals surface area contributed by atoms with Gasteiger partial charge in [-0.05, 0) is 18.8 Å². The van der Waals surface area contributed by atoms with Crippen molar-refractivity contribution >= 4 is 6.09 Å². The van der Waals surface area contributed by atoms with Crippen molar-refractivity contribution < 1.29 is 14.4 Å². The van der Waals surface area contributed by atoms with Crippen LogP contribution in [-0.4, -0.2) is 27.9 Å². The van der Waals surface area contributed by atoms with Gasteiger partial charge in [0.25, 0.3) is 0 Å². The maximum atomic E-state index is 10.4. The number of rotatable bonds is 4. The molecular weight excluding hydrogens is 198 g/mol. The fourth-order valence-electron chi connectivity index (χ4n) is 1.63. The van der Waals surface area contributed by atoms with Crippen LogP contribution in [0.3, 0.4) is 0 Å². The van der Waals surface area contributed by atoms with E-state index in [1.165, 1.54) is 0 Å². The third-order valence-electron chi connectivity index (χ3n) is 2.54. The van der Waals surface area contributed by atoms with Crippen molar-refractivity contribution in [3.63, 3.8) is 0 Å². The molecule has 1 aliphatic rings. The second-order valence-electron chi connectivity index (χ2n) is 3.80. The predicted molar refractivity (Wildman–Crippen MR) is 50.5 cm³/mol. The largest absolute Gasteiger partial charge is 0.465 e. The second kappa shape index (κ2) is 3.88. The highest BCUT2D eigenvalue weighted by molar-refractivity contribution is 5.64. The van der Waals surface area contributed by atoms with Crippen molar-refractivity contribution in [3.8, 4) is 0 Å². The van der Waals surface area contributed by atoms with Gasteiger partial charge in [-0.1, -0.05) is 5.16 Å². The van der Waals surface area contributed by atoms with E-state index in [0.717, 1.165) is 12.8 Å². The lowest BCUT2D eigenvalue weighted by Gasteiger charge is -2.10. The molecule has 1 saturated carbocycles. The van der Waals surface area contributed by atoms with Gasteiger partial charge < -0.3 is 14.9 Å². The molecule has 6 nitrogen and oxygen atoms in total. The summed E-state index contributed by atoms with van der Waals surface area (Å²) in [5.74, 6) is 1.68. The first-order chi connectivity index (χ1) is 7.16. The van der Waals surface area contributed by atoms with Crippen LogP contribution in [-0.2, 0) is 0 Å². The molecule has 0 spiro atoms. The minimum absolute atomic E-state index is 0.0542. The average Bonchev–Trinajstić information content (AvgIpc) is 2.90. The normalized spacial score (nSPS) is 17.4. The first-order valence-electron chi connectivity index (χ1n) is 4.94. The summed E-state index contributed by atoms with van der Waals surface area (Å²) in [6.45, 7) is 2.09. The summed E-state index contributed by atoms with van der Waals surface area (Å²) in [6.07, 6.45) is 1.21. The predicted octanol–water partition coefficient (Wildman–Crippen LogP) is 1.14. The minimum Gasteiger partial charge on any atom is -0.465 e. The van der Waals surface area contributed by atoms with Gasteiger partial charge in [-0.3, -0.25) is 0 Å². The SMILES string of the molecule is Cc1nc(C(CNC(=O)O)C2CC2)no1. The molecule has 1 fully saturated rings. The lowest BCUT2D eigenvalue weighted by Crippen LogP contribution is -2.28. The van der Waals surface area contributed by atoms with Crippen LogP contribution in [0, 0.1) is 12.8 Å². The van der Waals surface area contributed by atoms with Gasteiger partial charge >= 0.3 is 6.09 Å². The lowest BCUT2D eigenvalue weighted by molar-refractivity contribution is 0.193. The fraction of sp³-hybridized carbons (Fsp3) is 0.667. The van der Waals surface area contributed by atoms with Gasteiger partial charge in [-0.2, -0.15) is 4.98 Å². The number of hydrogen-bond acceptors (Lipinski definition) is 4. The van der Waals surface area contributed by atoms with Crippen LogP contribution < -0.4 is 5.32 Å². The van der Waals surface area contributed by atoms with Gasteiger partial charge in [0.1, 0.15) is 0 Å². The third kappa shape index (κ3) is 2.45. The summed E-state index contributed by atoms with van der Waals surface area (Å²) in [4.78, 5) is 14.5. The van der Waals surface area contributed by atoms with Gasteiger partial charge in [0.05, 0.1) is 0 Å². The van der Waals surface area contributed by atoms with E-state index in [-0.39, 0.29) is 5.92 Å². The number of aryl methyl sites for hydroxylation is 1. The molecule has 0 saturated heterocycles. The van der Waals surface area contributed by atoms with Gasteiger partial charge in [-0.15, -0.1) is 0 Å². The lowest BCUT2D eigenvalue weighted by atomic mass is 10.0. The van der Waals surface area contributed by atoms with Crippen LogP contribution >= 0.6 is 0 Å². The monoisotopic (exact) mass is 211 g/mol. The number of nitrogens with one attached hydrogen (secondary N) is 1. The number of amides is 1. The van der Waals surface area contributed by atoms with Gasteiger partial charge in [0.15, 0.2) is 5.82 Å². The summed E-state index contributed by atoms with van der Waals surface area (Å²) in [5, 5.41) is 14.7. The van der Waals surface area contributed by atoms with Gasteiger partial charge in [0, 0.05) is 19.4 Å². The summed E-state index contributed by atoms with van der Waals surface area (Å²) < 4.78 is 4.89. The molecule has 0 bridgehead atoms. The Labute approximate surface area is 86.7 Å². The number of carboxylic acid groups (broad SMARTS) is 1.